The Morgan fingerprint density at radius 2 is 2.27 bits per heavy atom. The molecule has 0 bridgehead atoms. The molecule has 0 atom stereocenters. The van der Waals surface area contributed by atoms with Gasteiger partial charge in [0.15, 0.2) is 0 Å². The number of carbonyl (C=O) groups excluding carboxylic acids is 1. The molecule has 15 heavy (non-hydrogen) atoms. The van der Waals surface area contributed by atoms with Gasteiger partial charge in [-0.3, -0.25) is 4.79 Å². The fourth-order valence-corrected chi connectivity index (χ4v) is 2.12. The van der Waals surface area contributed by atoms with Gasteiger partial charge in [-0.25, -0.2) is 0 Å². The van der Waals surface area contributed by atoms with E-state index in [2.05, 4.69) is 36.2 Å². The Balaban J connectivity index is 2.29. The molecule has 0 saturated heterocycles. The molecule has 0 aliphatic carbocycles. The highest BCUT2D eigenvalue weighted by molar-refractivity contribution is 5.74. The van der Waals surface area contributed by atoms with Crippen LogP contribution in [0.2, 0.25) is 0 Å². The molecule has 0 fully saturated rings. The van der Waals surface area contributed by atoms with Crippen LogP contribution in [0.15, 0.2) is 18.2 Å². The van der Waals surface area contributed by atoms with Gasteiger partial charge < -0.3 is 10.2 Å². The van der Waals surface area contributed by atoms with Gasteiger partial charge >= 0.3 is 0 Å². The maximum atomic E-state index is 10.3. The number of carbonyl (C=O) groups is 1. The van der Waals surface area contributed by atoms with E-state index in [1.807, 2.05) is 6.07 Å². The third-order valence-corrected chi connectivity index (χ3v) is 2.86. The van der Waals surface area contributed by atoms with Crippen LogP contribution in [0, 0.1) is 0 Å². The standard InChI is InChI=1S/C12H16N2O/c1-9(2)14-6-5-10-7-11(13-8-15)3-4-12(10)14/h3-4,7-9H,5-6H2,1-2H3,(H,13,15). The van der Waals surface area contributed by atoms with E-state index in [0.717, 1.165) is 25.1 Å². The van der Waals surface area contributed by atoms with Gasteiger partial charge in [-0.15, -0.1) is 0 Å². The summed E-state index contributed by atoms with van der Waals surface area (Å²) in [7, 11) is 0. The third-order valence-electron chi connectivity index (χ3n) is 2.86. The van der Waals surface area contributed by atoms with Crippen LogP contribution in [0.3, 0.4) is 0 Å². The smallest absolute Gasteiger partial charge is 0.211 e. The van der Waals surface area contributed by atoms with Crippen LogP contribution in [0.1, 0.15) is 19.4 Å². The number of amides is 1. The molecular formula is C12H16N2O. The number of hydrogen-bond acceptors (Lipinski definition) is 2. The molecule has 1 aliphatic rings. The van der Waals surface area contributed by atoms with Crippen LogP contribution in [-0.4, -0.2) is 19.0 Å². The molecule has 3 nitrogen and oxygen atoms in total. The Labute approximate surface area is 90.1 Å². The fraction of sp³-hybridized carbons (Fsp3) is 0.417. The second-order valence-electron chi connectivity index (χ2n) is 4.14. The van der Waals surface area contributed by atoms with Crippen molar-refractivity contribution in [1.82, 2.24) is 0 Å². The topological polar surface area (TPSA) is 32.3 Å². The monoisotopic (exact) mass is 204 g/mol. The molecule has 0 aromatic heterocycles. The van der Waals surface area contributed by atoms with Gasteiger partial charge in [0, 0.05) is 24.0 Å². The molecule has 1 aromatic carbocycles. The molecule has 2 rings (SSSR count). The summed E-state index contributed by atoms with van der Waals surface area (Å²) in [5.41, 5.74) is 3.52. The molecule has 1 aromatic rings. The lowest BCUT2D eigenvalue weighted by Gasteiger charge is -2.23. The van der Waals surface area contributed by atoms with E-state index in [9.17, 15) is 4.79 Å². The first-order chi connectivity index (χ1) is 7.22. The minimum Gasteiger partial charge on any atom is -0.369 e. The summed E-state index contributed by atoms with van der Waals surface area (Å²) in [6.07, 6.45) is 1.79. The van der Waals surface area contributed by atoms with E-state index in [1.54, 1.807) is 0 Å². The molecule has 3 heteroatoms. The van der Waals surface area contributed by atoms with E-state index in [1.165, 1.54) is 11.3 Å². The summed E-state index contributed by atoms with van der Waals surface area (Å²) >= 11 is 0. The molecule has 1 aliphatic heterocycles. The highest BCUT2D eigenvalue weighted by Gasteiger charge is 2.20. The summed E-state index contributed by atoms with van der Waals surface area (Å²) in [6.45, 7) is 5.48. The van der Waals surface area contributed by atoms with Crippen molar-refractivity contribution in [2.75, 3.05) is 16.8 Å². The van der Waals surface area contributed by atoms with Gasteiger partial charge in [0.2, 0.25) is 6.41 Å². The van der Waals surface area contributed by atoms with Gasteiger partial charge in [-0.05, 0) is 44.0 Å². The molecule has 1 amide bonds. The molecule has 0 saturated carbocycles. The summed E-state index contributed by atoms with van der Waals surface area (Å²) < 4.78 is 0. The minimum absolute atomic E-state index is 0.538. The number of nitrogens with one attached hydrogen (secondary N) is 1. The first-order valence-electron chi connectivity index (χ1n) is 5.32. The summed E-state index contributed by atoms with van der Waals surface area (Å²) in [5.74, 6) is 0. The molecule has 0 spiro atoms. The molecule has 80 valence electrons. The van der Waals surface area contributed by atoms with Crippen LogP contribution >= 0.6 is 0 Å². The van der Waals surface area contributed by atoms with Crippen molar-refractivity contribution >= 4 is 17.8 Å². The first kappa shape index (κ1) is 10.0. The average molecular weight is 204 g/mol. The third kappa shape index (κ3) is 1.82. The molecule has 1 N–H and O–H groups in total. The number of benzene rings is 1. The van der Waals surface area contributed by atoms with Crippen LogP contribution in [0.5, 0.6) is 0 Å². The van der Waals surface area contributed by atoms with Gasteiger partial charge in [-0.1, -0.05) is 0 Å². The number of anilines is 2. The first-order valence-corrected chi connectivity index (χ1v) is 5.32. The maximum Gasteiger partial charge on any atom is 0.211 e. The Morgan fingerprint density at radius 3 is 2.93 bits per heavy atom. The lowest BCUT2D eigenvalue weighted by atomic mass is 10.1. The van der Waals surface area contributed by atoms with Crippen molar-refractivity contribution in [3.63, 3.8) is 0 Å². The van der Waals surface area contributed by atoms with Gasteiger partial charge in [-0.2, -0.15) is 0 Å². The maximum absolute atomic E-state index is 10.3. The molecular weight excluding hydrogens is 188 g/mol. The Kier molecular flexibility index (Phi) is 2.62. The van der Waals surface area contributed by atoms with Crippen molar-refractivity contribution in [3.8, 4) is 0 Å². The normalized spacial score (nSPS) is 14.2. The Hall–Kier alpha value is -1.51. The van der Waals surface area contributed by atoms with Crippen molar-refractivity contribution < 1.29 is 4.79 Å². The summed E-state index contributed by atoms with van der Waals surface area (Å²) in [4.78, 5) is 12.7. The zero-order valence-electron chi connectivity index (χ0n) is 9.16. The predicted molar refractivity (Wildman–Crippen MR) is 62.3 cm³/mol. The largest absolute Gasteiger partial charge is 0.369 e. The van der Waals surface area contributed by atoms with Crippen molar-refractivity contribution in [2.45, 2.75) is 26.3 Å². The lowest BCUT2D eigenvalue weighted by Crippen LogP contribution is -2.28. The average Bonchev–Trinajstić information content (AvgIpc) is 2.61. The van der Waals surface area contributed by atoms with Crippen molar-refractivity contribution in [1.29, 1.82) is 0 Å². The fourth-order valence-electron chi connectivity index (χ4n) is 2.12. The van der Waals surface area contributed by atoms with E-state index >= 15 is 0 Å². The van der Waals surface area contributed by atoms with Gasteiger partial charge in [0.25, 0.3) is 0 Å². The zero-order valence-corrected chi connectivity index (χ0v) is 9.16. The van der Waals surface area contributed by atoms with Crippen LogP contribution in [-0.2, 0) is 11.2 Å². The number of hydrogen-bond donors (Lipinski definition) is 1. The Bertz CT molecular complexity index is 374. The predicted octanol–water partition coefficient (Wildman–Crippen LogP) is 2.03. The second-order valence-corrected chi connectivity index (χ2v) is 4.14. The number of rotatable bonds is 3. The summed E-state index contributed by atoms with van der Waals surface area (Å²) in [6, 6.07) is 6.64. The highest BCUT2D eigenvalue weighted by atomic mass is 16.1. The zero-order chi connectivity index (χ0) is 10.8. The van der Waals surface area contributed by atoms with E-state index < -0.39 is 0 Å². The second kappa shape index (κ2) is 3.93. The van der Waals surface area contributed by atoms with E-state index in [4.69, 9.17) is 0 Å². The minimum atomic E-state index is 0.538. The SMILES string of the molecule is CC(C)N1CCc2cc(NC=O)ccc21. The molecule has 0 unspecified atom stereocenters. The number of nitrogens with zero attached hydrogens (tertiary/aromatic N) is 1. The van der Waals surface area contributed by atoms with Gasteiger partial charge in [0.1, 0.15) is 0 Å². The molecule has 1 heterocycles. The van der Waals surface area contributed by atoms with E-state index in [0.29, 0.717) is 6.04 Å². The highest BCUT2D eigenvalue weighted by Crippen LogP contribution is 2.31. The number of fused-ring (bicyclic) bond motifs is 1. The van der Waals surface area contributed by atoms with Crippen molar-refractivity contribution in [3.05, 3.63) is 23.8 Å². The van der Waals surface area contributed by atoms with Crippen LogP contribution in [0.25, 0.3) is 0 Å². The van der Waals surface area contributed by atoms with Gasteiger partial charge in [0.05, 0.1) is 0 Å². The van der Waals surface area contributed by atoms with Crippen LogP contribution < -0.4 is 10.2 Å². The quantitative estimate of drug-likeness (QED) is 0.764. The molecule has 0 radical (unpaired) electrons. The Morgan fingerprint density at radius 1 is 1.47 bits per heavy atom. The van der Waals surface area contributed by atoms with Crippen molar-refractivity contribution in [2.24, 2.45) is 0 Å². The lowest BCUT2D eigenvalue weighted by molar-refractivity contribution is -0.105. The summed E-state index contributed by atoms with van der Waals surface area (Å²) in [5, 5.41) is 2.68. The van der Waals surface area contributed by atoms with Crippen LogP contribution in [0.4, 0.5) is 11.4 Å². The van der Waals surface area contributed by atoms with E-state index in [-0.39, 0.29) is 0 Å².